The Labute approximate surface area is 112 Å². The summed E-state index contributed by atoms with van der Waals surface area (Å²) in [5, 5.41) is 10.6. The minimum atomic E-state index is -0.928. The molecule has 2 saturated carbocycles. The van der Waals surface area contributed by atoms with Crippen LogP contribution in [0.3, 0.4) is 0 Å². The maximum Gasteiger partial charge on any atom is 0.190 e. The van der Waals surface area contributed by atoms with E-state index in [9.17, 15) is 9.90 Å². The maximum absolute atomic E-state index is 12.5. The molecule has 1 spiro atoms. The molecule has 7 atom stereocenters. The normalized spacial score (nSPS) is 59.4. The molecular weight excluding hydrogens is 244 g/mol. The molecule has 0 aromatic rings. The third-order valence-electron chi connectivity index (χ3n) is 5.75. The highest BCUT2D eigenvalue weighted by Crippen LogP contribution is 2.64. The number of epoxide rings is 1. The Balaban J connectivity index is 1.82. The van der Waals surface area contributed by atoms with Gasteiger partial charge >= 0.3 is 0 Å². The molecule has 4 aliphatic rings. The molecule has 0 radical (unpaired) electrons. The fourth-order valence-corrected chi connectivity index (χ4v) is 4.73. The van der Waals surface area contributed by atoms with Crippen LogP contribution in [0.25, 0.3) is 0 Å². The van der Waals surface area contributed by atoms with Crippen LogP contribution in [-0.2, 0) is 14.3 Å². The topological polar surface area (TPSA) is 59.1 Å². The molecule has 2 aliphatic carbocycles. The van der Waals surface area contributed by atoms with Crippen LogP contribution in [0.2, 0.25) is 0 Å². The number of fused-ring (bicyclic) bond motifs is 2. The van der Waals surface area contributed by atoms with Crippen molar-refractivity contribution >= 4 is 5.78 Å². The number of Topliss-reactive ketones (excluding diaryl/α,β-unsaturated/α-hetero) is 1. The van der Waals surface area contributed by atoms with Crippen LogP contribution in [0.5, 0.6) is 0 Å². The van der Waals surface area contributed by atoms with Gasteiger partial charge in [0.05, 0.1) is 17.8 Å². The van der Waals surface area contributed by atoms with Crippen molar-refractivity contribution < 1.29 is 19.4 Å². The lowest BCUT2D eigenvalue weighted by molar-refractivity contribution is -0.117. The van der Waals surface area contributed by atoms with E-state index in [1.807, 2.05) is 6.92 Å². The summed E-state index contributed by atoms with van der Waals surface area (Å²) in [5.41, 5.74) is -1.000. The number of ether oxygens (including phenoxy) is 2. The van der Waals surface area contributed by atoms with E-state index in [2.05, 4.69) is 6.58 Å². The number of hydrogen-bond donors (Lipinski definition) is 1. The van der Waals surface area contributed by atoms with Crippen LogP contribution in [-0.4, -0.2) is 40.4 Å². The second-order valence-corrected chi connectivity index (χ2v) is 6.85. The largest absolute Gasteiger partial charge is 0.387 e. The van der Waals surface area contributed by atoms with Crippen molar-refractivity contribution in [1.82, 2.24) is 0 Å². The standard InChI is InChI=1S/C15H20O4/c1-7-6-9-8(2)11(16)13-15(19-13)10(12(9)18-7)4-5-14(15,3)17/h7,9-10,12-13,17H,2,4-6H2,1,3H3/t7-,9+,10?,12-,13?,14+,15+/m1/s1. The molecule has 19 heavy (non-hydrogen) atoms. The molecule has 4 rings (SSSR count). The van der Waals surface area contributed by atoms with Crippen LogP contribution in [0.1, 0.15) is 33.1 Å². The Morgan fingerprint density at radius 2 is 2.21 bits per heavy atom. The summed E-state index contributed by atoms with van der Waals surface area (Å²) >= 11 is 0. The summed E-state index contributed by atoms with van der Waals surface area (Å²) in [6, 6.07) is 0. The average Bonchev–Trinajstić information content (AvgIpc) is 2.92. The average molecular weight is 264 g/mol. The van der Waals surface area contributed by atoms with E-state index in [0.717, 1.165) is 12.8 Å². The Kier molecular flexibility index (Phi) is 2.09. The van der Waals surface area contributed by atoms with Gasteiger partial charge in [0.1, 0.15) is 5.60 Å². The third kappa shape index (κ3) is 1.23. The Hall–Kier alpha value is -0.710. The molecule has 4 fully saturated rings. The van der Waals surface area contributed by atoms with Gasteiger partial charge in [-0.1, -0.05) is 6.58 Å². The lowest BCUT2D eigenvalue weighted by Crippen LogP contribution is -2.46. The number of aliphatic hydroxyl groups is 1. The first-order chi connectivity index (χ1) is 8.88. The molecule has 2 aliphatic heterocycles. The minimum Gasteiger partial charge on any atom is -0.387 e. The van der Waals surface area contributed by atoms with Gasteiger partial charge in [0, 0.05) is 11.8 Å². The number of carbonyl (C=O) groups excluding carboxylic acids is 1. The summed E-state index contributed by atoms with van der Waals surface area (Å²) in [7, 11) is 0. The van der Waals surface area contributed by atoms with Crippen molar-refractivity contribution in [2.75, 3.05) is 0 Å². The van der Waals surface area contributed by atoms with Crippen molar-refractivity contribution in [3.8, 4) is 0 Å². The zero-order chi connectivity index (χ0) is 13.6. The number of hydrogen-bond acceptors (Lipinski definition) is 4. The number of ketones is 1. The van der Waals surface area contributed by atoms with E-state index < -0.39 is 17.3 Å². The van der Waals surface area contributed by atoms with Crippen LogP contribution >= 0.6 is 0 Å². The number of carbonyl (C=O) groups is 1. The zero-order valence-electron chi connectivity index (χ0n) is 11.4. The fraction of sp³-hybridized carbons (Fsp3) is 0.800. The second-order valence-electron chi connectivity index (χ2n) is 6.85. The summed E-state index contributed by atoms with van der Waals surface area (Å²) in [6.07, 6.45) is 2.03. The molecule has 4 heteroatoms. The molecule has 4 nitrogen and oxygen atoms in total. The van der Waals surface area contributed by atoms with Crippen molar-refractivity contribution in [2.24, 2.45) is 11.8 Å². The third-order valence-corrected chi connectivity index (χ3v) is 5.75. The zero-order valence-corrected chi connectivity index (χ0v) is 11.4. The van der Waals surface area contributed by atoms with Gasteiger partial charge in [-0.25, -0.2) is 0 Å². The minimum absolute atomic E-state index is 0.0163. The lowest BCUT2D eigenvalue weighted by Gasteiger charge is -2.30. The monoisotopic (exact) mass is 264 g/mol. The summed E-state index contributed by atoms with van der Waals surface area (Å²) < 4.78 is 11.8. The summed E-state index contributed by atoms with van der Waals surface area (Å²) in [6.45, 7) is 7.82. The van der Waals surface area contributed by atoms with Crippen molar-refractivity contribution in [1.29, 1.82) is 0 Å². The molecule has 1 N–H and O–H groups in total. The van der Waals surface area contributed by atoms with Crippen LogP contribution in [0.4, 0.5) is 0 Å². The first-order valence-electron chi connectivity index (χ1n) is 7.17. The van der Waals surface area contributed by atoms with E-state index in [4.69, 9.17) is 9.47 Å². The second kappa shape index (κ2) is 3.30. The predicted octanol–water partition coefficient (Wildman–Crippen LogP) is 1.22. The van der Waals surface area contributed by atoms with E-state index in [1.165, 1.54) is 0 Å². The fourth-order valence-electron chi connectivity index (χ4n) is 4.73. The first-order valence-corrected chi connectivity index (χ1v) is 7.17. The lowest BCUT2D eigenvalue weighted by atomic mass is 9.80. The molecule has 2 heterocycles. The highest BCUT2D eigenvalue weighted by Gasteiger charge is 2.79. The smallest absolute Gasteiger partial charge is 0.190 e. The first kappa shape index (κ1) is 12.1. The molecule has 0 bridgehead atoms. The Bertz CT molecular complexity index is 483. The van der Waals surface area contributed by atoms with Gasteiger partial charge < -0.3 is 14.6 Å². The highest BCUT2D eigenvalue weighted by molar-refractivity contribution is 6.02. The number of rotatable bonds is 0. The van der Waals surface area contributed by atoms with E-state index in [-0.39, 0.29) is 29.8 Å². The molecule has 0 aromatic heterocycles. The maximum atomic E-state index is 12.5. The van der Waals surface area contributed by atoms with Gasteiger partial charge in [-0.3, -0.25) is 4.79 Å². The molecule has 104 valence electrons. The molecule has 0 amide bonds. The molecular formula is C15H20O4. The van der Waals surface area contributed by atoms with Crippen molar-refractivity contribution in [2.45, 2.75) is 62.6 Å². The van der Waals surface area contributed by atoms with Crippen molar-refractivity contribution in [3.63, 3.8) is 0 Å². The molecule has 0 aromatic carbocycles. The van der Waals surface area contributed by atoms with Crippen molar-refractivity contribution in [3.05, 3.63) is 12.2 Å². The molecule has 2 unspecified atom stereocenters. The van der Waals surface area contributed by atoms with Crippen LogP contribution in [0.15, 0.2) is 12.2 Å². The van der Waals surface area contributed by atoms with Gasteiger partial charge in [0.25, 0.3) is 0 Å². The van der Waals surface area contributed by atoms with Crippen LogP contribution < -0.4 is 0 Å². The van der Waals surface area contributed by atoms with E-state index in [0.29, 0.717) is 12.0 Å². The van der Waals surface area contributed by atoms with E-state index in [1.54, 1.807) is 6.92 Å². The molecule has 2 saturated heterocycles. The predicted molar refractivity (Wildman–Crippen MR) is 67.5 cm³/mol. The summed E-state index contributed by atoms with van der Waals surface area (Å²) in [5.74, 6) is 0.206. The highest BCUT2D eigenvalue weighted by atomic mass is 16.6. The SMILES string of the molecule is C=C1C(=O)C2O[C@@]23C(CC[C@]3(C)O)[C@@H]2O[C@H](C)C[C@@H]12. The van der Waals surface area contributed by atoms with Gasteiger partial charge in [-0.15, -0.1) is 0 Å². The van der Waals surface area contributed by atoms with E-state index >= 15 is 0 Å². The Morgan fingerprint density at radius 3 is 2.95 bits per heavy atom. The van der Waals surface area contributed by atoms with Gasteiger partial charge in [-0.05, 0) is 38.7 Å². The van der Waals surface area contributed by atoms with Gasteiger partial charge in [-0.2, -0.15) is 0 Å². The Morgan fingerprint density at radius 1 is 1.47 bits per heavy atom. The quantitative estimate of drug-likeness (QED) is 0.528. The summed E-state index contributed by atoms with van der Waals surface area (Å²) in [4.78, 5) is 12.5. The van der Waals surface area contributed by atoms with Gasteiger partial charge in [0.2, 0.25) is 0 Å². The van der Waals surface area contributed by atoms with Gasteiger partial charge in [0.15, 0.2) is 11.9 Å². The van der Waals surface area contributed by atoms with Crippen LogP contribution in [0, 0.1) is 11.8 Å².